The number of anilines is 1. The molecule has 1 saturated heterocycles. The van der Waals surface area contributed by atoms with Gasteiger partial charge in [0.1, 0.15) is 17.9 Å². The number of methoxy groups -OCH3 is 1. The van der Waals surface area contributed by atoms with Gasteiger partial charge in [-0.1, -0.05) is 6.07 Å². The Labute approximate surface area is 155 Å². The lowest BCUT2D eigenvalue weighted by Crippen LogP contribution is -2.39. The zero-order valence-corrected chi connectivity index (χ0v) is 14.6. The standard InChI is InChI=1S/C19H18N6O2/c1-27-19(26)17-15(9-22-24-17)13-7-16(23-18(21)14(13)8-20)11-6-12-4-2-3-5-25(12)10-11/h2-7,10,15,17,22,24H,9H2,1H3,(H2,21,23). The molecule has 1 fully saturated rings. The second-order valence-corrected chi connectivity index (χ2v) is 6.36. The molecule has 2 unspecified atom stereocenters. The Balaban J connectivity index is 1.84. The summed E-state index contributed by atoms with van der Waals surface area (Å²) in [5, 5.41) is 9.59. The molecule has 2 atom stereocenters. The Hall–Kier alpha value is -3.41. The number of hydrogen-bond donors (Lipinski definition) is 3. The Morgan fingerprint density at radius 1 is 1.44 bits per heavy atom. The molecular formula is C19H18N6O2. The van der Waals surface area contributed by atoms with Gasteiger partial charge in [-0.15, -0.1) is 0 Å². The lowest BCUT2D eigenvalue weighted by molar-refractivity contribution is -0.143. The predicted molar refractivity (Wildman–Crippen MR) is 99.4 cm³/mol. The van der Waals surface area contributed by atoms with Crippen LogP contribution in [0.4, 0.5) is 5.82 Å². The quantitative estimate of drug-likeness (QED) is 0.599. The maximum atomic E-state index is 12.1. The summed E-state index contributed by atoms with van der Waals surface area (Å²) < 4.78 is 6.86. The van der Waals surface area contributed by atoms with Gasteiger partial charge in [0.25, 0.3) is 0 Å². The molecule has 8 nitrogen and oxygen atoms in total. The van der Waals surface area contributed by atoms with Crippen molar-refractivity contribution in [1.82, 2.24) is 20.2 Å². The Bertz CT molecular complexity index is 1030. The Morgan fingerprint density at radius 2 is 2.30 bits per heavy atom. The van der Waals surface area contributed by atoms with Gasteiger partial charge in [-0.25, -0.2) is 10.4 Å². The highest BCUT2D eigenvalue weighted by Crippen LogP contribution is 2.32. The molecule has 0 aromatic carbocycles. The van der Waals surface area contributed by atoms with E-state index < -0.39 is 12.0 Å². The Morgan fingerprint density at radius 3 is 3.04 bits per heavy atom. The van der Waals surface area contributed by atoms with Gasteiger partial charge in [0.05, 0.1) is 18.4 Å². The smallest absolute Gasteiger partial charge is 0.324 e. The molecule has 8 heteroatoms. The van der Waals surface area contributed by atoms with Crippen molar-refractivity contribution < 1.29 is 9.53 Å². The minimum absolute atomic E-state index is 0.149. The number of rotatable bonds is 3. The van der Waals surface area contributed by atoms with Crippen LogP contribution in [0.15, 0.2) is 42.7 Å². The van der Waals surface area contributed by atoms with Crippen LogP contribution in [0.5, 0.6) is 0 Å². The monoisotopic (exact) mass is 362 g/mol. The summed E-state index contributed by atoms with van der Waals surface area (Å²) in [5.74, 6) is -0.551. The molecular weight excluding hydrogens is 344 g/mol. The molecule has 1 aliphatic rings. The summed E-state index contributed by atoms with van der Waals surface area (Å²) >= 11 is 0. The first kappa shape index (κ1) is 17.0. The molecule has 0 spiro atoms. The van der Waals surface area contributed by atoms with E-state index in [0.717, 1.165) is 11.1 Å². The highest BCUT2D eigenvalue weighted by atomic mass is 16.5. The molecule has 4 N–H and O–H groups in total. The van der Waals surface area contributed by atoms with Crippen LogP contribution in [0.2, 0.25) is 0 Å². The number of carbonyl (C=O) groups is 1. The van der Waals surface area contributed by atoms with Crippen LogP contribution in [0.3, 0.4) is 0 Å². The van der Waals surface area contributed by atoms with E-state index >= 15 is 0 Å². The summed E-state index contributed by atoms with van der Waals surface area (Å²) in [6.07, 6.45) is 3.90. The van der Waals surface area contributed by atoms with Gasteiger partial charge in [-0.2, -0.15) is 5.26 Å². The molecule has 0 aliphatic carbocycles. The van der Waals surface area contributed by atoms with E-state index in [9.17, 15) is 10.1 Å². The number of pyridine rings is 2. The third kappa shape index (κ3) is 2.89. The summed E-state index contributed by atoms with van der Waals surface area (Å²) in [7, 11) is 1.34. The van der Waals surface area contributed by atoms with E-state index in [-0.39, 0.29) is 17.3 Å². The molecule has 0 bridgehead atoms. The molecule has 136 valence electrons. The van der Waals surface area contributed by atoms with E-state index in [0.29, 0.717) is 17.8 Å². The van der Waals surface area contributed by atoms with Gasteiger partial charge in [-0.3, -0.25) is 10.2 Å². The van der Waals surface area contributed by atoms with Crippen molar-refractivity contribution in [3.63, 3.8) is 0 Å². The molecule has 4 heterocycles. The molecule has 3 aromatic rings. The topological polar surface area (TPSA) is 117 Å². The number of esters is 1. The van der Waals surface area contributed by atoms with Crippen molar-refractivity contribution in [3.8, 4) is 17.3 Å². The van der Waals surface area contributed by atoms with E-state index in [1.807, 2.05) is 47.1 Å². The van der Waals surface area contributed by atoms with Crippen LogP contribution in [0.25, 0.3) is 16.8 Å². The van der Waals surface area contributed by atoms with Gasteiger partial charge in [-0.05, 0) is 29.8 Å². The zero-order chi connectivity index (χ0) is 19.0. The SMILES string of the molecule is COC(=O)C1NNCC1c1cc(-c2cc3ccccn3c2)nc(N)c1C#N. The number of aromatic nitrogens is 2. The molecule has 0 radical (unpaired) electrons. The van der Waals surface area contributed by atoms with Gasteiger partial charge in [0.2, 0.25) is 0 Å². The maximum absolute atomic E-state index is 12.1. The second-order valence-electron chi connectivity index (χ2n) is 6.36. The predicted octanol–water partition coefficient (Wildman–Crippen LogP) is 1.19. The van der Waals surface area contributed by atoms with Crippen molar-refractivity contribution in [1.29, 1.82) is 5.26 Å². The lowest BCUT2D eigenvalue weighted by atomic mass is 9.89. The minimum atomic E-state index is -0.607. The zero-order valence-electron chi connectivity index (χ0n) is 14.6. The first-order valence-electron chi connectivity index (χ1n) is 8.46. The van der Waals surface area contributed by atoms with Crippen molar-refractivity contribution in [2.24, 2.45) is 0 Å². The van der Waals surface area contributed by atoms with E-state index in [1.165, 1.54) is 7.11 Å². The third-order valence-corrected chi connectivity index (χ3v) is 4.83. The minimum Gasteiger partial charge on any atom is -0.468 e. The number of nitrogen functional groups attached to an aromatic ring is 1. The summed E-state index contributed by atoms with van der Waals surface area (Å²) in [6, 6.07) is 11.2. The van der Waals surface area contributed by atoms with Gasteiger partial charge in [0.15, 0.2) is 0 Å². The number of fused-ring (bicyclic) bond motifs is 1. The summed E-state index contributed by atoms with van der Waals surface area (Å²) in [6.45, 7) is 0.467. The van der Waals surface area contributed by atoms with Gasteiger partial charge in [0, 0.05) is 35.9 Å². The average molecular weight is 362 g/mol. The molecule has 3 aromatic heterocycles. The normalized spacial score (nSPS) is 19.1. The molecule has 0 amide bonds. The van der Waals surface area contributed by atoms with Gasteiger partial charge < -0.3 is 14.9 Å². The number of nitrogens with one attached hydrogen (secondary N) is 2. The number of ether oxygens (including phenoxy) is 1. The fourth-order valence-corrected chi connectivity index (χ4v) is 3.48. The van der Waals surface area contributed by atoms with Crippen LogP contribution in [-0.2, 0) is 9.53 Å². The van der Waals surface area contributed by atoms with Crippen LogP contribution >= 0.6 is 0 Å². The average Bonchev–Trinajstić information content (AvgIpc) is 3.33. The number of hydrogen-bond acceptors (Lipinski definition) is 7. The fraction of sp³-hybridized carbons (Fsp3) is 0.211. The molecule has 0 saturated carbocycles. The van der Waals surface area contributed by atoms with Gasteiger partial charge >= 0.3 is 5.97 Å². The van der Waals surface area contributed by atoms with Crippen molar-refractivity contribution in [3.05, 3.63) is 53.9 Å². The third-order valence-electron chi connectivity index (χ3n) is 4.83. The van der Waals surface area contributed by atoms with Crippen molar-refractivity contribution >= 4 is 17.3 Å². The first-order chi connectivity index (χ1) is 13.1. The highest BCUT2D eigenvalue weighted by Gasteiger charge is 2.37. The van der Waals surface area contributed by atoms with Crippen LogP contribution in [0, 0.1) is 11.3 Å². The first-order valence-corrected chi connectivity index (χ1v) is 8.46. The number of nitriles is 1. The van der Waals surface area contributed by atoms with E-state index in [4.69, 9.17) is 10.5 Å². The maximum Gasteiger partial charge on any atom is 0.324 e. The summed E-state index contributed by atoms with van der Waals surface area (Å²) in [4.78, 5) is 16.5. The van der Waals surface area contributed by atoms with E-state index in [1.54, 1.807) is 0 Å². The van der Waals surface area contributed by atoms with E-state index in [2.05, 4.69) is 21.9 Å². The number of hydrazine groups is 1. The highest BCUT2D eigenvalue weighted by molar-refractivity contribution is 5.79. The largest absolute Gasteiger partial charge is 0.468 e. The molecule has 4 rings (SSSR count). The van der Waals surface area contributed by atoms with Crippen LogP contribution in [0.1, 0.15) is 17.0 Å². The van der Waals surface area contributed by atoms with Crippen LogP contribution < -0.4 is 16.6 Å². The fourth-order valence-electron chi connectivity index (χ4n) is 3.48. The number of nitrogens with two attached hydrogens (primary N) is 1. The number of carbonyl (C=O) groups excluding carboxylic acids is 1. The van der Waals surface area contributed by atoms with Crippen molar-refractivity contribution in [2.75, 3.05) is 19.4 Å². The number of nitrogens with zero attached hydrogens (tertiary/aromatic N) is 3. The molecule has 1 aliphatic heterocycles. The lowest BCUT2D eigenvalue weighted by Gasteiger charge is -2.19. The Kier molecular flexibility index (Phi) is 4.24. The summed E-state index contributed by atoms with van der Waals surface area (Å²) in [5.41, 5.74) is 15.5. The molecule has 27 heavy (non-hydrogen) atoms. The van der Waals surface area contributed by atoms with Crippen molar-refractivity contribution in [2.45, 2.75) is 12.0 Å². The van der Waals surface area contributed by atoms with Crippen LogP contribution in [-0.4, -0.2) is 35.1 Å². The second kappa shape index (κ2) is 6.72.